The molecule has 1 aromatic rings. The maximum Gasteiger partial charge on any atom is 0.239 e. The van der Waals surface area contributed by atoms with Gasteiger partial charge in [-0.05, 0) is 6.92 Å². The maximum absolute atomic E-state index is 11.3. The van der Waals surface area contributed by atoms with Crippen molar-refractivity contribution in [3.05, 3.63) is 16.1 Å². The molecule has 17 heavy (non-hydrogen) atoms. The average molecular weight is 256 g/mol. The molecule has 1 aromatic heterocycles. The van der Waals surface area contributed by atoms with Crippen molar-refractivity contribution in [3.8, 4) is 0 Å². The summed E-state index contributed by atoms with van der Waals surface area (Å²) in [4.78, 5) is 26.3. The van der Waals surface area contributed by atoms with Crippen LogP contribution in [-0.4, -0.2) is 36.4 Å². The van der Waals surface area contributed by atoms with Crippen molar-refractivity contribution in [2.24, 2.45) is 5.73 Å². The van der Waals surface area contributed by atoms with E-state index in [9.17, 15) is 9.59 Å². The minimum absolute atomic E-state index is 0.0356. The third-order valence-electron chi connectivity index (χ3n) is 2.00. The molecule has 0 aliphatic rings. The van der Waals surface area contributed by atoms with Crippen molar-refractivity contribution in [2.75, 3.05) is 19.6 Å². The van der Waals surface area contributed by atoms with Gasteiger partial charge in [0.2, 0.25) is 11.8 Å². The van der Waals surface area contributed by atoms with Gasteiger partial charge >= 0.3 is 0 Å². The van der Waals surface area contributed by atoms with Crippen molar-refractivity contribution < 1.29 is 9.59 Å². The molecule has 0 aliphatic carbocycles. The van der Waals surface area contributed by atoms with Crippen LogP contribution in [0.1, 0.15) is 10.7 Å². The van der Waals surface area contributed by atoms with E-state index in [2.05, 4.69) is 15.6 Å². The van der Waals surface area contributed by atoms with Crippen molar-refractivity contribution in [1.29, 1.82) is 0 Å². The largest absolute Gasteiger partial charge is 0.354 e. The Morgan fingerprint density at radius 3 is 2.76 bits per heavy atom. The van der Waals surface area contributed by atoms with Crippen LogP contribution in [0.5, 0.6) is 0 Å². The number of amides is 2. The lowest BCUT2D eigenvalue weighted by Crippen LogP contribution is -2.40. The van der Waals surface area contributed by atoms with E-state index in [1.807, 2.05) is 12.3 Å². The number of aromatic nitrogens is 1. The summed E-state index contributed by atoms with van der Waals surface area (Å²) in [7, 11) is 0. The normalized spacial score (nSPS) is 10.0. The van der Waals surface area contributed by atoms with Crippen LogP contribution in [0.4, 0.5) is 0 Å². The lowest BCUT2D eigenvalue weighted by Gasteiger charge is -2.04. The molecule has 0 aliphatic heterocycles. The van der Waals surface area contributed by atoms with Crippen LogP contribution in [0.2, 0.25) is 0 Å². The van der Waals surface area contributed by atoms with E-state index >= 15 is 0 Å². The van der Waals surface area contributed by atoms with Crippen LogP contribution in [0.3, 0.4) is 0 Å². The van der Waals surface area contributed by atoms with Gasteiger partial charge in [-0.2, -0.15) is 0 Å². The Balaban J connectivity index is 2.14. The highest BCUT2D eigenvalue weighted by atomic mass is 32.1. The molecule has 7 heteroatoms. The number of nitrogens with zero attached hydrogens (tertiary/aromatic N) is 1. The second-order valence-corrected chi connectivity index (χ2v) is 4.50. The molecule has 0 atom stereocenters. The Morgan fingerprint density at radius 2 is 2.18 bits per heavy atom. The summed E-state index contributed by atoms with van der Waals surface area (Å²) in [6, 6.07) is 0. The first-order chi connectivity index (χ1) is 8.11. The zero-order valence-electron chi connectivity index (χ0n) is 9.66. The minimum atomic E-state index is -0.338. The quantitative estimate of drug-likeness (QED) is 0.620. The van der Waals surface area contributed by atoms with E-state index < -0.39 is 0 Å². The van der Waals surface area contributed by atoms with Gasteiger partial charge in [-0.15, -0.1) is 11.3 Å². The van der Waals surface area contributed by atoms with E-state index in [1.165, 1.54) is 0 Å². The third kappa shape index (κ3) is 5.41. The molecular formula is C10H16N4O2S. The Hall–Kier alpha value is -1.47. The van der Waals surface area contributed by atoms with Crippen LogP contribution in [0, 0.1) is 6.92 Å². The molecule has 0 aromatic carbocycles. The van der Waals surface area contributed by atoms with Crippen LogP contribution < -0.4 is 16.4 Å². The first-order valence-electron chi connectivity index (χ1n) is 5.26. The third-order valence-corrected chi connectivity index (χ3v) is 2.82. The van der Waals surface area contributed by atoms with Gasteiger partial charge in [-0.25, -0.2) is 4.98 Å². The van der Waals surface area contributed by atoms with Gasteiger partial charge in [-0.1, -0.05) is 0 Å². The molecule has 0 saturated carbocycles. The number of hydrogen-bond donors (Lipinski definition) is 3. The van der Waals surface area contributed by atoms with Gasteiger partial charge in [0, 0.05) is 18.3 Å². The smallest absolute Gasteiger partial charge is 0.239 e. The van der Waals surface area contributed by atoms with Crippen molar-refractivity contribution >= 4 is 23.2 Å². The number of rotatable bonds is 6. The van der Waals surface area contributed by atoms with E-state index in [4.69, 9.17) is 5.73 Å². The number of thiazole rings is 1. The monoisotopic (exact) mass is 256 g/mol. The molecular weight excluding hydrogens is 240 g/mol. The molecule has 0 fully saturated rings. The van der Waals surface area contributed by atoms with Crippen LogP contribution in [-0.2, 0) is 16.0 Å². The molecule has 0 saturated heterocycles. The van der Waals surface area contributed by atoms with Gasteiger partial charge in [0.25, 0.3) is 0 Å². The second kappa shape index (κ2) is 6.97. The van der Waals surface area contributed by atoms with E-state index in [1.54, 1.807) is 11.3 Å². The van der Waals surface area contributed by atoms with E-state index in [-0.39, 0.29) is 24.9 Å². The number of nitrogens with two attached hydrogens (primary N) is 1. The van der Waals surface area contributed by atoms with Crippen molar-refractivity contribution in [1.82, 2.24) is 15.6 Å². The lowest BCUT2D eigenvalue weighted by atomic mass is 10.3. The van der Waals surface area contributed by atoms with Gasteiger partial charge in [0.15, 0.2) is 0 Å². The Morgan fingerprint density at radius 1 is 1.41 bits per heavy atom. The van der Waals surface area contributed by atoms with E-state index in [0.29, 0.717) is 13.0 Å². The first-order valence-corrected chi connectivity index (χ1v) is 6.14. The fourth-order valence-electron chi connectivity index (χ4n) is 1.17. The van der Waals surface area contributed by atoms with Crippen LogP contribution in [0.15, 0.2) is 5.38 Å². The van der Waals surface area contributed by atoms with Crippen LogP contribution in [0.25, 0.3) is 0 Å². The number of carbonyl (C=O) groups excluding carboxylic acids is 2. The standard InChI is InChI=1S/C10H16N4O2S/c1-7-14-8(6-17-7)2-3-12-10(16)5-13-9(15)4-11/h6H,2-5,11H2,1H3,(H,12,16)(H,13,15). The number of aryl methyl sites for hydroxylation is 1. The summed E-state index contributed by atoms with van der Waals surface area (Å²) in [6.45, 7) is 2.31. The summed E-state index contributed by atoms with van der Waals surface area (Å²) < 4.78 is 0. The van der Waals surface area contributed by atoms with Crippen molar-refractivity contribution in [2.45, 2.75) is 13.3 Å². The van der Waals surface area contributed by atoms with Gasteiger partial charge in [0.05, 0.1) is 23.8 Å². The summed E-state index contributed by atoms with van der Waals surface area (Å²) in [5.41, 5.74) is 6.06. The SMILES string of the molecule is Cc1nc(CCNC(=O)CNC(=O)CN)cs1. The average Bonchev–Trinajstić information content (AvgIpc) is 2.72. The van der Waals surface area contributed by atoms with Gasteiger partial charge < -0.3 is 16.4 Å². The zero-order valence-corrected chi connectivity index (χ0v) is 10.5. The molecule has 2 amide bonds. The molecule has 1 heterocycles. The lowest BCUT2D eigenvalue weighted by molar-refractivity contribution is -0.125. The number of nitrogens with one attached hydrogen (secondary N) is 2. The predicted octanol–water partition coefficient (Wildman–Crippen LogP) is -0.815. The highest BCUT2D eigenvalue weighted by Crippen LogP contribution is 2.07. The molecule has 0 radical (unpaired) electrons. The van der Waals surface area contributed by atoms with E-state index in [0.717, 1.165) is 10.7 Å². The molecule has 1 rings (SSSR count). The van der Waals surface area contributed by atoms with Gasteiger partial charge in [-0.3, -0.25) is 9.59 Å². The number of hydrogen-bond acceptors (Lipinski definition) is 5. The first kappa shape index (κ1) is 13.6. The molecule has 0 unspecified atom stereocenters. The fraction of sp³-hybridized carbons (Fsp3) is 0.500. The van der Waals surface area contributed by atoms with Crippen molar-refractivity contribution in [3.63, 3.8) is 0 Å². The molecule has 6 nitrogen and oxygen atoms in total. The molecule has 0 bridgehead atoms. The highest BCUT2D eigenvalue weighted by molar-refractivity contribution is 7.09. The topological polar surface area (TPSA) is 97.1 Å². The molecule has 94 valence electrons. The second-order valence-electron chi connectivity index (χ2n) is 3.44. The summed E-state index contributed by atoms with van der Waals surface area (Å²) in [5.74, 6) is -0.561. The summed E-state index contributed by atoms with van der Waals surface area (Å²) in [6.07, 6.45) is 0.695. The van der Waals surface area contributed by atoms with Gasteiger partial charge in [0.1, 0.15) is 0 Å². The maximum atomic E-state index is 11.3. The highest BCUT2D eigenvalue weighted by Gasteiger charge is 2.04. The predicted molar refractivity (Wildman–Crippen MR) is 65.6 cm³/mol. The Kier molecular flexibility index (Phi) is 5.58. The zero-order chi connectivity index (χ0) is 12.7. The van der Waals surface area contributed by atoms with Crippen LogP contribution >= 0.6 is 11.3 Å². The summed E-state index contributed by atoms with van der Waals surface area (Å²) in [5, 5.41) is 8.07. The summed E-state index contributed by atoms with van der Waals surface area (Å²) >= 11 is 1.59. The molecule has 0 spiro atoms. The Bertz CT molecular complexity index is 391. The Labute approximate surface area is 104 Å². The fourth-order valence-corrected chi connectivity index (χ4v) is 1.81. The molecule has 4 N–H and O–H groups in total. The number of carbonyl (C=O) groups is 2. The minimum Gasteiger partial charge on any atom is -0.354 e.